The van der Waals surface area contributed by atoms with Gasteiger partial charge < -0.3 is 20.1 Å². The fraction of sp³-hybridized carbons (Fsp3) is 0.350. The van der Waals surface area contributed by atoms with E-state index in [1.54, 1.807) is 7.11 Å². The number of benzene rings is 2. The molecule has 0 aliphatic carbocycles. The van der Waals surface area contributed by atoms with Gasteiger partial charge in [0.2, 0.25) is 0 Å². The Morgan fingerprint density at radius 2 is 1.76 bits per heavy atom. The third-order valence-corrected chi connectivity index (χ3v) is 3.59. The molecule has 0 bridgehead atoms. The van der Waals surface area contributed by atoms with Crippen LogP contribution in [0.25, 0.3) is 0 Å². The van der Waals surface area contributed by atoms with Crippen LogP contribution < -0.4 is 20.1 Å². The molecule has 0 fully saturated rings. The van der Waals surface area contributed by atoms with Crippen LogP contribution in [0.2, 0.25) is 0 Å². The molecule has 2 rings (SSSR count). The number of nitrogens with one attached hydrogen (secondary N) is 2. The average Bonchev–Trinajstić information content (AvgIpc) is 2.65. The molecular formula is C20H27N3O2. The zero-order valence-corrected chi connectivity index (χ0v) is 15.2. The zero-order valence-electron chi connectivity index (χ0n) is 15.2. The number of hydrogen-bond donors (Lipinski definition) is 2. The number of methoxy groups -OCH3 is 1. The Morgan fingerprint density at radius 1 is 0.960 bits per heavy atom. The van der Waals surface area contributed by atoms with Crippen molar-refractivity contribution in [2.24, 2.45) is 4.99 Å². The first-order valence-electron chi connectivity index (χ1n) is 8.62. The Kier molecular flexibility index (Phi) is 7.63. The summed E-state index contributed by atoms with van der Waals surface area (Å²) in [6.45, 7) is 6.73. The van der Waals surface area contributed by atoms with Crippen LogP contribution >= 0.6 is 0 Å². The molecule has 0 atom stereocenters. The molecule has 2 aromatic carbocycles. The van der Waals surface area contributed by atoms with Gasteiger partial charge in [0, 0.05) is 13.1 Å². The lowest BCUT2D eigenvalue weighted by molar-refractivity contribution is 0.310. The monoisotopic (exact) mass is 341 g/mol. The van der Waals surface area contributed by atoms with E-state index in [-0.39, 0.29) is 0 Å². The highest BCUT2D eigenvalue weighted by atomic mass is 16.5. The van der Waals surface area contributed by atoms with E-state index in [0.29, 0.717) is 13.2 Å². The molecule has 0 spiro atoms. The molecule has 5 nitrogen and oxygen atoms in total. The molecule has 2 N–H and O–H groups in total. The maximum absolute atomic E-state index is 5.62. The normalized spacial score (nSPS) is 11.1. The van der Waals surface area contributed by atoms with Crippen molar-refractivity contribution in [1.29, 1.82) is 0 Å². The first kappa shape index (κ1) is 18.6. The number of aliphatic imine (C=N–C) groups is 1. The Hall–Kier alpha value is -2.69. The number of guanidine groups is 1. The van der Waals surface area contributed by atoms with E-state index >= 15 is 0 Å². The van der Waals surface area contributed by atoms with Crippen molar-refractivity contribution in [3.05, 3.63) is 59.7 Å². The van der Waals surface area contributed by atoms with Crippen LogP contribution in [-0.4, -0.2) is 26.2 Å². The van der Waals surface area contributed by atoms with Gasteiger partial charge in [0.1, 0.15) is 0 Å². The van der Waals surface area contributed by atoms with Gasteiger partial charge in [0.05, 0.1) is 20.3 Å². The number of rotatable bonds is 8. The smallest absolute Gasteiger partial charge is 0.191 e. The summed E-state index contributed by atoms with van der Waals surface area (Å²) in [5.41, 5.74) is 2.29. The SMILES string of the molecule is CCNC(=NCc1ccc(OC)c(OCC)c1)NCc1ccccc1. The lowest BCUT2D eigenvalue weighted by Crippen LogP contribution is -2.36. The first-order chi connectivity index (χ1) is 12.3. The molecule has 0 heterocycles. The summed E-state index contributed by atoms with van der Waals surface area (Å²) in [4.78, 5) is 4.65. The summed E-state index contributed by atoms with van der Waals surface area (Å²) < 4.78 is 10.9. The molecular weight excluding hydrogens is 314 g/mol. The Balaban J connectivity index is 2.03. The van der Waals surface area contributed by atoms with Gasteiger partial charge in [0.15, 0.2) is 17.5 Å². The molecule has 2 aromatic rings. The summed E-state index contributed by atoms with van der Waals surface area (Å²) in [5, 5.41) is 6.62. The summed E-state index contributed by atoms with van der Waals surface area (Å²) in [5.74, 6) is 2.28. The standard InChI is InChI=1S/C20H27N3O2/c1-4-21-20(22-14-16-9-7-6-8-10-16)23-15-17-11-12-18(24-3)19(13-17)25-5-2/h6-13H,4-5,14-15H2,1-3H3,(H2,21,22,23). The third-order valence-electron chi connectivity index (χ3n) is 3.59. The Bertz CT molecular complexity index is 672. The van der Waals surface area contributed by atoms with Crippen molar-refractivity contribution in [2.75, 3.05) is 20.3 Å². The second-order valence-electron chi connectivity index (χ2n) is 5.45. The number of ether oxygens (including phenoxy) is 2. The summed E-state index contributed by atoms with van der Waals surface area (Å²) in [6.07, 6.45) is 0. The Morgan fingerprint density at radius 3 is 2.44 bits per heavy atom. The summed E-state index contributed by atoms with van der Waals surface area (Å²) in [6, 6.07) is 16.2. The molecule has 25 heavy (non-hydrogen) atoms. The van der Waals surface area contributed by atoms with E-state index in [1.807, 2.05) is 43.3 Å². The molecule has 0 amide bonds. The zero-order chi connectivity index (χ0) is 17.9. The third kappa shape index (κ3) is 6.03. The minimum absolute atomic E-state index is 0.564. The van der Waals surface area contributed by atoms with Crippen molar-refractivity contribution in [3.63, 3.8) is 0 Å². The van der Waals surface area contributed by atoms with Crippen molar-refractivity contribution in [2.45, 2.75) is 26.9 Å². The number of nitrogens with zero attached hydrogens (tertiary/aromatic N) is 1. The summed E-state index contributed by atoms with van der Waals surface area (Å²) >= 11 is 0. The molecule has 134 valence electrons. The largest absolute Gasteiger partial charge is 0.493 e. The van der Waals surface area contributed by atoms with Gasteiger partial charge >= 0.3 is 0 Å². The van der Waals surface area contributed by atoms with E-state index in [2.05, 4.69) is 34.7 Å². The molecule has 0 saturated carbocycles. The fourth-order valence-corrected chi connectivity index (χ4v) is 2.38. The van der Waals surface area contributed by atoms with Crippen LogP contribution in [0.1, 0.15) is 25.0 Å². The molecule has 0 unspecified atom stereocenters. The first-order valence-corrected chi connectivity index (χ1v) is 8.62. The van der Waals surface area contributed by atoms with Crippen LogP contribution in [0.4, 0.5) is 0 Å². The molecule has 0 aliphatic rings. The van der Waals surface area contributed by atoms with Gasteiger partial charge in [-0.05, 0) is 37.1 Å². The van der Waals surface area contributed by atoms with Crippen molar-refractivity contribution in [1.82, 2.24) is 10.6 Å². The fourth-order valence-electron chi connectivity index (χ4n) is 2.38. The van der Waals surface area contributed by atoms with Crippen LogP contribution in [0.5, 0.6) is 11.5 Å². The van der Waals surface area contributed by atoms with E-state index in [9.17, 15) is 0 Å². The average molecular weight is 341 g/mol. The Labute approximate surface area is 150 Å². The minimum Gasteiger partial charge on any atom is -0.493 e. The second-order valence-corrected chi connectivity index (χ2v) is 5.45. The van der Waals surface area contributed by atoms with Crippen molar-refractivity contribution >= 4 is 5.96 Å². The predicted octanol–water partition coefficient (Wildman–Crippen LogP) is 3.35. The molecule has 5 heteroatoms. The number of hydrogen-bond acceptors (Lipinski definition) is 3. The highest BCUT2D eigenvalue weighted by Gasteiger charge is 2.05. The maximum atomic E-state index is 5.62. The van der Waals surface area contributed by atoms with Gasteiger partial charge in [-0.2, -0.15) is 0 Å². The topological polar surface area (TPSA) is 54.9 Å². The molecule has 0 aliphatic heterocycles. The van der Waals surface area contributed by atoms with Gasteiger partial charge in [0.25, 0.3) is 0 Å². The van der Waals surface area contributed by atoms with Crippen LogP contribution in [0.15, 0.2) is 53.5 Å². The second kappa shape index (κ2) is 10.2. The van der Waals surface area contributed by atoms with Gasteiger partial charge in [-0.1, -0.05) is 36.4 Å². The lowest BCUT2D eigenvalue weighted by Gasteiger charge is -2.12. The van der Waals surface area contributed by atoms with E-state index < -0.39 is 0 Å². The van der Waals surface area contributed by atoms with Crippen molar-refractivity contribution in [3.8, 4) is 11.5 Å². The molecule has 0 radical (unpaired) electrons. The summed E-state index contributed by atoms with van der Waals surface area (Å²) in [7, 11) is 1.65. The van der Waals surface area contributed by atoms with Crippen molar-refractivity contribution < 1.29 is 9.47 Å². The van der Waals surface area contributed by atoms with E-state index in [1.165, 1.54) is 5.56 Å². The predicted molar refractivity (Wildman–Crippen MR) is 102 cm³/mol. The molecule has 0 saturated heterocycles. The molecule has 0 aromatic heterocycles. The van der Waals surface area contributed by atoms with E-state index in [0.717, 1.165) is 36.1 Å². The lowest BCUT2D eigenvalue weighted by atomic mass is 10.2. The minimum atomic E-state index is 0.564. The van der Waals surface area contributed by atoms with Crippen LogP contribution in [0, 0.1) is 0 Å². The quantitative estimate of drug-likeness (QED) is 0.571. The maximum Gasteiger partial charge on any atom is 0.191 e. The highest BCUT2D eigenvalue weighted by molar-refractivity contribution is 5.79. The van der Waals surface area contributed by atoms with Gasteiger partial charge in [-0.25, -0.2) is 4.99 Å². The highest BCUT2D eigenvalue weighted by Crippen LogP contribution is 2.28. The van der Waals surface area contributed by atoms with Gasteiger partial charge in [-0.15, -0.1) is 0 Å². The van der Waals surface area contributed by atoms with Gasteiger partial charge in [-0.3, -0.25) is 0 Å². The van der Waals surface area contributed by atoms with E-state index in [4.69, 9.17) is 9.47 Å². The van der Waals surface area contributed by atoms with Crippen LogP contribution in [-0.2, 0) is 13.1 Å². The van der Waals surface area contributed by atoms with Crippen LogP contribution in [0.3, 0.4) is 0 Å².